The summed E-state index contributed by atoms with van der Waals surface area (Å²) in [6.07, 6.45) is 11.2. The first-order chi connectivity index (χ1) is 16.8. The van der Waals surface area contributed by atoms with Crippen molar-refractivity contribution in [1.82, 2.24) is 15.2 Å². The van der Waals surface area contributed by atoms with Crippen molar-refractivity contribution in [2.24, 2.45) is 10.1 Å². The van der Waals surface area contributed by atoms with Crippen molar-refractivity contribution in [3.63, 3.8) is 0 Å². The molecule has 2 saturated carbocycles. The van der Waals surface area contributed by atoms with Crippen LogP contribution >= 0.6 is 11.3 Å². The van der Waals surface area contributed by atoms with Gasteiger partial charge < -0.3 is 15.8 Å². The Bertz CT molecular complexity index is 1300. The number of ether oxygens (including phenoxy) is 1. The molecule has 1 amide bonds. The van der Waals surface area contributed by atoms with Crippen molar-refractivity contribution in [3.05, 3.63) is 51.8 Å². The molecular formula is C23H28N6O4S2. The molecule has 2 fully saturated rings. The van der Waals surface area contributed by atoms with E-state index in [0.29, 0.717) is 24.4 Å². The van der Waals surface area contributed by atoms with Gasteiger partial charge >= 0.3 is 6.09 Å². The molecule has 0 aliphatic heterocycles. The third-order valence-corrected chi connectivity index (χ3v) is 9.42. The number of carbonyl (C=O) groups is 1. The second kappa shape index (κ2) is 9.57. The molecule has 0 aromatic carbocycles. The molecule has 1 unspecified atom stereocenters. The first-order valence-corrected chi connectivity index (χ1v) is 14.0. The number of sulfonamides is 1. The van der Waals surface area contributed by atoms with Gasteiger partial charge in [-0.05, 0) is 57.6 Å². The summed E-state index contributed by atoms with van der Waals surface area (Å²) in [6, 6.07) is 1.87. The summed E-state index contributed by atoms with van der Waals surface area (Å²) in [6.45, 7) is 1.91. The van der Waals surface area contributed by atoms with Gasteiger partial charge in [-0.3, -0.25) is 5.10 Å². The summed E-state index contributed by atoms with van der Waals surface area (Å²) in [5.74, 6) is 0.633. The van der Waals surface area contributed by atoms with Gasteiger partial charge in [-0.2, -0.15) is 9.50 Å². The molecule has 0 bridgehead atoms. The predicted octanol–water partition coefficient (Wildman–Crippen LogP) is 3.88. The largest absolute Gasteiger partial charge is 0.446 e. The molecule has 10 nitrogen and oxygen atoms in total. The van der Waals surface area contributed by atoms with E-state index in [0.717, 1.165) is 47.0 Å². The molecule has 1 atom stereocenters. The molecule has 0 saturated heterocycles. The van der Waals surface area contributed by atoms with E-state index in [4.69, 9.17) is 10.5 Å². The smallest absolute Gasteiger partial charge is 0.404 e. The van der Waals surface area contributed by atoms with Crippen LogP contribution in [-0.2, 0) is 14.8 Å². The number of hydrogen-bond donors (Lipinski definition) is 3. The number of nitrogens with two attached hydrogens (primary N) is 1. The van der Waals surface area contributed by atoms with E-state index in [1.165, 1.54) is 0 Å². The highest BCUT2D eigenvalue weighted by molar-refractivity contribution is 7.91. The second-order valence-corrected chi connectivity index (χ2v) is 12.2. The van der Waals surface area contributed by atoms with Gasteiger partial charge in [0.2, 0.25) is 0 Å². The highest BCUT2D eigenvalue weighted by atomic mass is 32.2. The van der Waals surface area contributed by atoms with E-state index < -0.39 is 16.1 Å². The number of H-pyrrole nitrogens is 1. The number of anilines is 1. The third kappa shape index (κ3) is 5.64. The minimum Gasteiger partial charge on any atom is -0.446 e. The average Bonchev–Trinajstić information content (AvgIpc) is 3.44. The van der Waals surface area contributed by atoms with Gasteiger partial charge in [0.15, 0.2) is 5.82 Å². The van der Waals surface area contributed by atoms with Crippen LogP contribution in [0.2, 0.25) is 0 Å². The Hall–Kier alpha value is -2.99. The van der Waals surface area contributed by atoms with Crippen molar-refractivity contribution in [3.8, 4) is 0 Å². The SMILES string of the molecule is Cc1cc(NC2=CC(=NS(=O)(=O)C3CC3)C(c3cnc(C4CCC(OC(N)=O)CC4)s3)C=C2)n[nH]1. The van der Waals surface area contributed by atoms with Crippen molar-refractivity contribution >= 4 is 39.0 Å². The average molecular weight is 517 g/mol. The van der Waals surface area contributed by atoms with Crippen molar-refractivity contribution in [2.45, 2.75) is 68.6 Å². The first-order valence-electron chi connectivity index (χ1n) is 11.7. The lowest BCUT2D eigenvalue weighted by molar-refractivity contribution is 0.0787. The Balaban J connectivity index is 1.36. The Morgan fingerprint density at radius 3 is 2.69 bits per heavy atom. The van der Waals surface area contributed by atoms with Crippen LogP contribution in [0.3, 0.4) is 0 Å². The first kappa shape index (κ1) is 23.7. The van der Waals surface area contributed by atoms with Crippen LogP contribution in [0.5, 0.6) is 0 Å². The van der Waals surface area contributed by atoms with Crippen LogP contribution in [0.15, 0.2) is 40.6 Å². The molecule has 4 N–H and O–H groups in total. The highest BCUT2D eigenvalue weighted by Gasteiger charge is 2.37. The zero-order valence-corrected chi connectivity index (χ0v) is 20.9. The summed E-state index contributed by atoms with van der Waals surface area (Å²) in [7, 11) is -3.56. The van der Waals surface area contributed by atoms with E-state index in [2.05, 4.69) is 24.9 Å². The molecular weight excluding hydrogens is 488 g/mol. The zero-order valence-electron chi connectivity index (χ0n) is 19.3. The Kier molecular flexibility index (Phi) is 6.49. The van der Waals surface area contributed by atoms with E-state index in [-0.39, 0.29) is 23.2 Å². The van der Waals surface area contributed by atoms with Crippen molar-refractivity contribution < 1.29 is 17.9 Å². The van der Waals surface area contributed by atoms with Gasteiger partial charge in [-0.25, -0.2) is 18.2 Å². The Morgan fingerprint density at radius 1 is 1.26 bits per heavy atom. The molecule has 2 aromatic rings. The summed E-state index contributed by atoms with van der Waals surface area (Å²) >= 11 is 1.59. The third-order valence-electron chi connectivity index (χ3n) is 6.40. The summed E-state index contributed by atoms with van der Waals surface area (Å²) < 4.78 is 34.9. The van der Waals surface area contributed by atoms with Gasteiger partial charge in [0.05, 0.1) is 21.9 Å². The van der Waals surface area contributed by atoms with Gasteiger partial charge in [0.25, 0.3) is 10.0 Å². The molecule has 12 heteroatoms. The number of thiazole rings is 1. The fourth-order valence-corrected chi connectivity index (χ4v) is 6.96. The summed E-state index contributed by atoms with van der Waals surface area (Å²) in [5.41, 5.74) is 7.25. The lowest BCUT2D eigenvalue weighted by Gasteiger charge is -2.26. The highest BCUT2D eigenvalue weighted by Crippen LogP contribution is 2.39. The topological polar surface area (TPSA) is 152 Å². The number of nitrogens with zero attached hydrogens (tertiary/aromatic N) is 3. The van der Waals surface area contributed by atoms with E-state index >= 15 is 0 Å². The molecule has 3 aliphatic carbocycles. The molecule has 0 spiro atoms. The van der Waals surface area contributed by atoms with Crippen LogP contribution in [0, 0.1) is 6.92 Å². The van der Waals surface area contributed by atoms with Gasteiger partial charge in [-0.1, -0.05) is 6.08 Å². The van der Waals surface area contributed by atoms with Crippen molar-refractivity contribution in [1.29, 1.82) is 0 Å². The minimum atomic E-state index is -3.56. The normalized spacial score (nSPS) is 25.9. The summed E-state index contributed by atoms with van der Waals surface area (Å²) in [5, 5.41) is 10.9. The van der Waals surface area contributed by atoms with Crippen LogP contribution in [0.1, 0.15) is 65.9 Å². The van der Waals surface area contributed by atoms with E-state index in [1.54, 1.807) is 17.4 Å². The molecule has 3 aliphatic rings. The second-order valence-electron chi connectivity index (χ2n) is 9.24. The number of aromatic amines is 1. The lowest BCUT2D eigenvalue weighted by Crippen LogP contribution is -2.26. The number of amides is 1. The van der Waals surface area contributed by atoms with Crippen molar-refractivity contribution in [2.75, 3.05) is 5.32 Å². The summed E-state index contributed by atoms with van der Waals surface area (Å²) in [4.78, 5) is 16.6. The number of primary amides is 1. The van der Waals surface area contributed by atoms with E-state index in [9.17, 15) is 13.2 Å². The molecule has 5 rings (SSSR count). The molecule has 35 heavy (non-hydrogen) atoms. The van der Waals surface area contributed by atoms with Crippen LogP contribution < -0.4 is 11.1 Å². The van der Waals surface area contributed by atoms with Gasteiger partial charge in [0, 0.05) is 34.4 Å². The van der Waals surface area contributed by atoms with E-state index in [1.807, 2.05) is 31.3 Å². The fraction of sp³-hybridized carbons (Fsp3) is 0.478. The number of aryl methyl sites for hydroxylation is 1. The Labute approximate surface area is 207 Å². The predicted molar refractivity (Wildman–Crippen MR) is 134 cm³/mol. The van der Waals surface area contributed by atoms with Crippen LogP contribution in [-0.4, -0.2) is 46.8 Å². The number of nitrogens with one attached hydrogen (secondary N) is 2. The quantitative estimate of drug-likeness (QED) is 0.505. The number of carbonyl (C=O) groups excluding carboxylic acids is 1. The number of allylic oxidation sites excluding steroid dienone is 3. The van der Waals surface area contributed by atoms with Gasteiger partial charge in [-0.15, -0.1) is 11.3 Å². The maximum absolute atomic E-state index is 12.7. The standard InChI is InChI=1S/C23H28N6O4S2/c1-13-10-21(28-27-13)26-15-4-9-18(19(11-15)29-35(31,32)17-7-8-17)20-12-25-22(34-20)14-2-5-16(6-3-14)33-23(24)30/h4,9-12,14,16-18H,2-3,5-8H2,1H3,(H2,24,30)(H2,26,27,28). The number of hydrogen-bond acceptors (Lipinski definition) is 8. The molecule has 2 aromatic heterocycles. The zero-order chi connectivity index (χ0) is 24.6. The fourth-order valence-electron chi connectivity index (χ4n) is 4.44. The van der Waals surface area contributed by atoms with Crippen LogP contribution in [0.25, 0.3) is 0 Å². The Morgan fingerprint density at radius 2 is 2.03 bits per heavy atom. The maximum Gasteiger partial charge on any atom is 0.404 e. The lowest BCUT2D eigenvalue weighted by atomic mass is 9.88. The minimum absolute atomic E-state index is 0.134. The molecule has 0 radical (unpaired) electrons. The number of aromatic nitrogens is 3. The molecule has 186 valence electrons. The maximum atomic E-state index is 12.7. The molecule has 2 heterocycles. The van der Waals surface area contributed by atoms with Crippen LogP contribution in [0.4, 0.5) is 10.6 Å². The van der Waals surface area contributed by atoms with Gasteiger partial charge in [0.1, 0.15) is 6.10 Å². The number of rotatable bonds is 7. The monoisotopic (exact) mass is 516 g/mol.